The van der Waals surface area contributed by atoms with E-state index in [0.29, 0.717) is 24.0 Å². The summed E-state index contributed by atoms with van der Waals surface area (Å²) >= 11 is 0. The molecule has 3 nitrogen and oxygen atoms in total. The molecule has 0 bridgehead atoms. The van der Waals surface area contributed by atoms with Crippen molar-refractivity contribution < 1.29 is 13.5 Å². The highest BCUT2D eigenvalue weighted by molar-refractivity contribution is 5.76. The molecule has 0 amide bonds. The van der Waals surface area contributed by atoms with Gasteiger partial charge in [0, 0.05) is 5.54 Å². The molecule has 1 atom stereocenters. The molecule has 1 aliphatic carbocycles. The van der Waals surface area contributed by atoms with E-state index in [9.17, 15) is 8.78 Å². The maximum absolute atomic E-state index is 13.0. The first-order valence-corrected chi connectivity index (χ1v) is 9.85. The van der Waals surface area contributed by atoms with Crippen LogP contribution in [0, 0.1) is 5.92 Å². The van der Waals surface area contributed by atoms with E-state index in [1.807, 2.05) is 32.0 Å². The van der Waals surface area contributed by atoms with E-state index < -0.39 is 12.0 Å². The van der Waals surface area contributed by atoms with Crippen LogP contribution in [0.1, 0.15) is 64.0 Å². The highest BCUT2D eigenvalue weighted by atomic mass is 19.3. The van der Waals surface area contributed by atoms with Crippen molar-refractivity contribution in [2.75, 3.05) is 6.61 Å². The molecule has 28 heavy (non-hydrogen) atoms. The van der Waals surface area contributed by atoms with Crippen LogP contribution < -0.4 is 10.5 Å². The minimum absolute atomic E-state index is 0.325. The van der Waals surface area contributed by atoms with Crippen molar-refractivity contribution >= 4 is 12.3 Å². The molecule has 0 heterocycles. The molecule has 1 aromatic carbocycles. The van der Waals surface area contributed by atoms with E-state index in [1.165, 1.54) is 6.08 Å². The minimum atomic E-state index is -2.65. The van der Waals surface area contributed by atoms with Crippen LogP contribution in [0.25, 0.3) is 5.57 Å². The molecule has 0 radical (unpaired) electrons. The zero-order chi connectivity index (χ0) is 20.9. The lowest BCUT2D eigenvalue weighted by atomic mass is 9.92. The largest absolute Gasteiger partial charge is 0.491 e. The molecule has 2 rings (SSSR count). The van der Waals surface area contributed by atoms with Crippen LogP contribution >= 0.6 is 0 Å². The molecule has 0 aliphatic heterocycles. The molecular weight excluding hydrogens is 358 g/mol. The molecule has 1 unspecified atom stereocenters. The minimum Gasteiger partial charge on any atom is -0.491 e. The van der Waals surface area contributed by atoms with Gasteiger partial charge in [-0.2, -0.15) is 0 Å². The van der Waals surface area contributed by atoms with Crippen LogP contribution in [-0.4, -0.2) is 25.3 Å². The van der Waals surface area contributed by atoms with E-state index >= 15 is 0 Å². The third kappa shape index (κ3) is 6.26. The van der Waals surface area contributed by atoms with Crippen LogP contribution in [0.5, 0.6) is 5.75 Å². The first-order valence-electron chi connectivity index (χ1n) is 9.85. The van der Waals surface area contributed by atoms with Crippen molar-refractivity contribution in [1.82, 2.24) is 0 Å². The quantitative estimate of drug-likeness (QED) is 0.396. The summed E-state index contributed by atoms with van der Waals surface area (Å²) in [5.41, 5.74) is 8.34. The Labute approximate surface area is 167 Å². The Morgan fingerprint density at radius 3 is 2.57 bits per heavy atom. The van der Waals surface area contributed by atoms with E-state index in [4.69, 9.17) is 10.5 Å². The molecule has 1 aromatic rings. The third-order valence-corrected chi connectivity index (χ3v) is 4.81. The lowest BCUT2D eigenvalue weighted by Gasteiger charge is -2.27. The number of halogens is 2. The molecule has 0 aromatic heterocycles. The smallest absolute Gasteiger partial charge is 0.280 e. The highest BCUT2D eigenvalue weighted by Crippen LogP contribution is 2.45. The molecule has 1 aliphatic rings. The predicted octanol–water partition coefficient (Wildman–Crippen LogP) is 5.96. The van der Waals surface area contributed by atoms with Crippen molar-refractivity contribution in [1.29, 1.82) is 0 Å². The molecule has 0 saturated heterocycles. The van der Waals surface area contributed by atoms with Crippen LogP contribution in [0.2, 0.25) is 0 Å². The van der Waals surface area contributed by atoms with E-state index in [-0.39, 0.29) is 5.70 Å². The van der Waals surface area contributed by atoms with Gasteiger partial charge in [0.15, 0.2) is 0 Å². The van der Waals surface area contributed by atoms with Crippen LogP contribution in [0.4, 0.5) is 8.78 Å². The average Bonchev–Trinajstić information content (AvgIpc) is 3.44. The predicted molar refractivity (Wildman–Crippen MR) is 113 cm³/mol. The third-order valence-electron chi connectivity index (χ3n) is 4.81. The Balaban J connectivity index is 2.26. The number of hydrogen-bond acceptors (Lipinski definition) is 3. The Morgan fingerprint density at radius 2 is 2.07 bits per heavy atom. The molecule has 1 fully saturated rings. The van der Waals surface area contributed by atoms with Crippen LogP contribution in [0.15, 0.2) is 41.0 Å². The van der Waals surface area contributed by atoms with Gasteiger partial charge in [-0.25, -0.2) is 8.78 Å². The van der Waals surface area contributed by atoms with Gasteiger partial charge in [0.25, 0.3) is 6.43 Å². The van der Waals surface area contributed by atoms with Gasteiger partial charge in [-0.15, -0.1) is 0 Å². The van der Waals surface area contributed by atoms with E-state index in [1.54, 1.807) is 6.08 Å². The summed E-state index contributed by atoms with van der Waals surface area (Å²) < 4.78 is 32.2. The van der Waals surface area contributed by atoms with E-state index in [0.717, 1.165) is 36.1 Å². The highest BCUT2D eigenvalue weighted by Gasteiger charge is 2.29. The second-order valence-electron chi connectivity index (χ2n) is 8.34. The van der Waals surface area contributed by atoms with E-state index in [2.05, 4.69) is 25.6 Å². The van der Waals surface area contributed by atoms with Gasteiger partial charge in [0.1, 0.15) is 18.1 Å². The van der Waals surface area contributed by atoms with Crippen molar-refractivity contribution in [2.45, 2.75) is 64.8 Å². The molecule has 2 N–H and O–H groups in total. The number of nitrogens with zero attached hydrogens (tertiary/aromatic N) is 1. The maximum Gasteiger partial charge on any atom is 0.280 e. The number of alkyl halides is 2. The van der Waals surface area contributed by atoms with Gasteiger partial charge in [0.05, 0.1) is 0 Å². The van der Waals surface area contributed by atoms with Gasteiger partial charge in [0.2, 0.25) is 0 Å². The van der Waals surface area contributed by atoms with Gasteiger partial charge < -0.3 is 10.5 Å². The summed E-state index contributed by atoms with van der Waals surface area (Å²) in [6, 6.07) is 5.87. The normalized spacial score (nSPS) is 17.8. The van der Waals surface area contributed by atoms with Crippen LogP contribution in [-0.2, 0) is 0 Å². The van der Waals surface area contributed by atoms with Gasteiger partial charge in [-0.05, 0) is 86.6 Å². The Hall–Kier alpha value is -2.01. The second-order valence-corrected chi connectivity index (χ2v) is 8.34. The zero-order valence-corrected chi connectivity index (χ0v) is 17.3. The number of ether oxygens (including phenoxy) is 1. The average molecular weight is 391 g/mol. The number of allylic oxidation sites excluding steroid dienone is 4. The topological polar surface area (TPSA) is 47.6 Å². The SMILES string of the molecule is C=N/C(=C\C(=C/C)c1ccc(OCC(C)(N)CC(C)C)c(C2CC2)c1)C(F)F. The Morgan fingerprint density at radius 1 is 1.39 bits per heavy atom. The summed E-state index contributed by atoms with van der Waals surface area (Å²) in [6.07, 6.45) is 3.65. The fraction of sp³-hybridized carbons (Fsp3) is 0.522. The lowest BCUT2D eigenvalue weighted by Crippen LogP contribution is -2.43. The summed E-state index contributed by atoms with van der Waals surface area (Å²) in [5.74, 6) is 1.79. The standard InChI is InChI=1S/C23H32F2N2O/c1-6-16(12-20(27-5)22(24)25)18-9-10-21(19(11-18)17-7-8-17)28-14-23(4,26)13-15(2)3/h6,9-12,15,17,22H,5,7-8,13-14,26H2,1-4H3/b16-6+,20-12-. The summed E-state index contributed by atoms with van der Waals surface area (Å²) in [4.78, 5) is 3.45. The first kappa shape index (κ1) is 22.3. The number of rotatable bonds is 10. The number of aliphatic imine (C=N–C) groups is 1. The zero-order valence-electron chi connectivity index (χ0n) is 17.3. The Bertz CT molecular complexity index is 747. The molecule has 1 saturated carbocycles. The van der Waals surface area contributed by atoms with Crippen molar-refractivity contribution in [3.05, 3.63) is 47.2 Å². The van der Waals surface area contributed by atoms with Crippen molar-refractivity contribution in [3.63, 3.8) is 0 Å². The molecule has 5 heteroatoms. The fourth-order valence-corrected chi connectivity index (χ4v) is 3.48. The molecule has 154 valence electrons. The monoisotopic (exact) mass is 390 g/mol. The second kappa shape index (κ2) is 9.46. The van der Waals surface area contributed by atoms with Gasteiger partial charge in [-0.3, -0.25) is 4.99 Å². The Kier molecular flexibility index (Phi) is 7.53. The number of nitrogens with two attached hydrogens (primary N) is 1. The summed E-state index contributed by atoms with van der Waals surface area (Å²) in [5, 5.41) is 0. The number of hydrogen-bond donors (Lipinski definition) is 1. The van der Waals surface area contributed by atoms with Crippen LogP contribution in [0.3, 0.4) is 0 Å². The molecule has 0 spiro atoms. The first-order chi connectivity index (χ1) is 13.2. The lowest BCUT2D eigenvalue weighted by molar-refractivity contribution is 0.188. The summed E-state index contributed by atoms with van der Waals surface area (Å²) in [7, 11) is 0. The molecular formula is C23H32F2N2O. The number of benzene rings is 1. The van der Waals surface area contributed by atoms with Crippen molar-refractivity contribution in [2.24, 2.45) is 16.6 Å². The maximum atomic E-state index is 13.0. The van der Waals surface area contributed by atoms with Gasteiger partial charge in [-0.1, -0.05) is 26.0 Å². The van der Waals surface area contributed by atoms with Crippen molar-refractivity contribution in [3.8, 4) is 5.75 Å². The summed E-state index contributed by atoms with van der Waals surface area (Å²) in [6.45, 7) is 11.8. The fourth-order valence-electron chi connectivity index (χ4n) is 3.48. The van der Waals surface area contributed by atoms with Gasteiger partial charge >= 0.3 is 0 Å².